The van der Waals surface area contributed by atoms with Gasteiger partial charge < -0.3 is 9.47 Å². The zero-order chi connectivity index (χ0) is 14.7. The van der Waals surface area contributed by atoms with Crippen molar-refractivity contribution in [2.75, 3.05) is 13.2 Å². The van der Waals surface area contributed by atoms with Gasteiger partial charge in [0.1, 0.15) is 13.2 Å². The third-order valence-electron chi connectivity index (χ3n) is 3.15. The predicted molar refractivity (Wildman–Crippen MR) is 84.9 cm³/mol. The van der Waals surface area contributed by atoms with E-state index in [0.717, 1.165) is 10.0 Å². The van der Waals surface area contributed by atoms with Crippen molar-refractivity contribution in [2.24, 2.45) is 0 Å². The van der Waals surface area contributed by atoms with Gasteiger partial charge in [0.2, 0.25) is 0 Å². The van der Waals surface area contributed by atoms with Gasteiger partial charge in [-0.3, -0.25) is 4.79 Å². The van der Waals surface area contributed by atoms with Crippen molar-refractivity contribution >= 4 is 27.8 Å². The molecule has 106 valence electrons. The van der Waals surface area contributed by atoms with Crippen LogP contribution in [-0.4, -0.2) is 19.0 Å². The lowest BCUT2D eigenvalue weighted by Crippen LogP contribution is -2.15. The highest BCUT2D eigenvalue weighted by molar-refractivity contribution is 9.10. The number of hydrogen-bond acceptors (Lipinski definition) is 3. The van der Waals surface area contributed by atoms with Crippen LogP contribution in [0.1, 0.15) is 15.9 Å². The maximum atomic E-state index is 12.2. The maximum absolute atomic E-state index is 12.2. The van der Waals surface area contributed by atoms with E-state index in [0.29, 0.717) is 30.3 Å². The summed E-state index contributed by atoms with van der Waals surface area (Å²) in [4.78, 5) is 12.2. The van der Waals surface area contributed by atoms with Gasteiger partial charge in [-0.1, -0.05) is 34.1 Å². The normalized spacial score (nSPS) is 13.4. The summed E-state index contributed by atoms with van der Waals surface area (Å²) in [5.41, 5.74) is 1.55. The first-order chi connectivity index (χ1) is 10.2. The highest BCUT2D eigenvalue weighted by atomic mass is 79.9. The van der Waals surface area contributed by atoms with Gasteiger partial charge in [-0.05, 0) is 42.0 Å². The molecule has 0 atom stereocenters. The molecule has 0 fully saturated rings. The molecule has 0 saturated carbocycles. The van der Waals surface area contributed by atoms with Crippen LogP contribution in [-0.2, 0) is 0 Å². The van der Waals surface area contributed by atoms with Gasteiger partial charge in [-0.2, -0.15) is 0 Å². The Kier molecular flexibility index (Phi) is 4.06. The first-order valence-corrected chi connectivity index (χ1v) is 7.40. The van der Waals surface area contributed by atoms with Crippen LogP contribution >= 0.6 is 15.9 Å². The molecular formula is C17H13BrO3. The van der Waals surface area contributed by atoms with Crippen molar-refractivity contribution in [1.82, 2.24) is 0 Å². The van der Waals surface area contributed by atoms with Crippen LogP contribution in [0.5, 0.6) is 11.5 Å². The molecule has 4 heteroatoms. The van der Waals surface area contributed by atoms with Gasteiger partial charge >= 0.3 is 0 Å². The van der Waals surface area contributed by atoms with Crippen LogP contribution in [0.2, 0.25) is 0 Å². The van der Waals surface area contributed by atoms with Crippen molar-refractivity contribution in [3.8, 4) is 11.5 Å². The van der Waals surface area contributed by atoms with E-state index < -0.39 is 0 Å². The van der Waals surface area contributed by atoms with E-state index in [9.17, 15) is 4.79 Å². The van der Waals surface area contributed by atoms with Crippen molar-refractivity contribution < 1.29 is 14.3 Å². The monoisotopic (exact) mass is 344 g/mol. The summed E-state index contributed by atoms with van der Waals surface area (Å²) in [5, 5.41) is 0. The Morgan fingerprint density at radius 3 is 2.62 bits per heavy atom. The van der Waals surface area contributed by atoms with Gasteiger partial charge in [0.15, 0.2) is 17.3 Å². The summed E-state index contributed by atoms with van der Waals surface area (Å²) in [6.45, 7) is 1.06. The Hall–Kier alpha value is -2.07. The molecule has 21 heavy (non-hydrogen) atoms. The highest BCUT2D eigenvalue weighted by Gasteiger charge is 2.13. The molecule has 0 N–H and O–H groups in total. The Morgan fingerprint density at radius 1 is 1.05 bits per heavy atom. The van der Waals surface area contributed by atoms with E-state index in [2.05, 4.69) is 15.9 Å². The van der Waals surface area contributed by atoms with Crippen LogP contribution in [0.3, 0.4) is 0 Å². The quantitative estimate of drug-likeness (QED) is 0.620. The fourth-order valence-electron chi connectivity index (χ4n) is 2.07. The summed E-state index contributed by atoms with van der Waals surface area (Å²) < 4.78 is 11.9. The zero-order valence-electron chi connectivity index (χ0n) is 11.2. The van der Waals surface area contributed by atoms with E-state index in [1.807, 2.05) is 24.3 Å². The standard InChI is InChI=1S/C17H13BrO3/c18-14-4-2-1-3-12(14)5-7-15(19)13-6-8-16-17(11-13)21-10-9-20-16/h1-8,11H,9-10H2/b7-5+. The number of carbonyl (C=O) groups is 1. The first kappa shape index (κ1) is 13.9. The number of carbonyl (C=O) groups excluding carboxylic acids is 1. The highest BCUT2D eigenvalue weighted by Crippen LogP contribution is 2.31. The van der Waals surface area contributed by atoms with Gasteiger partial charge in [0.25, 0.3) is 0 Å². The summed E-state index contributed by atoms with van der Waals surface area (Å²) in [5.74, 6) is 1.25. The molecule has 0 bridgehead atoms. The van der Waals surface area contributed by atoms with Crippen molar-refractivity contribution in [2.45, 2.75) is 0 Å². The smallest absolute Gasteiger partial charge is 0.185 e. The average molecular weight is 345 g/mol. The molecule has 2 aromatic carbocycles. The second-order valence-electron chi connectivity index (χ2n) is 4.58. The molecule has 0 amide bonds. The number of fused-ring (bicyclic) bond motifs is 1. The Labute approximate surface area is 131 Å². The topological polar surface area (TPSA) is 35.5 Å². The molecular weight excluding hydrogens is 332 g/mol. The number of allylic oxidation sites excluding steroid dienone is 1. The third kappa shape index (κ3) is 3.16. The minimum absolute atomic E-state index is 0.0669. The first-order valence-electron chi connectivity index (χ1n) is 6.60. The molecule has 1 aliphatic rings. The van der Waals surface area contributed by atoms with Crippen LogP contribution in [0.25, 0.3) is 6.08 Å². The summed E-state index contributed by atoms with van der Waals surface area (Å²) >= 11 is 3.45. The van der Waals surface area contributed by atoms with Crippen LogP contribution in [0.4, 0.5) is 0 Å². The van der Waals surface area contributed by atoms with Crippen LogP contribution in [0.15, 0.2) is 53.0 Å². The Morgan fingerprint density at radius 2 is 1.81 bits per heavy atom. The fraction of sp³-hybridized carbons (Fsp3) is 0.118. The number of halogens is 1. The number of benzene rings is 2. The lowest BCUT2D eigenvalue weighted by atomic mass is 10.1. The number of hydrogen-bond donors (Lipinski definition) is 0. The van der Waals surface area contributed by atoms with E-state index in [4.69, 9.17) is 9.47 Å². The summed E-state index contributed by atoms with van der Waals surface area (Å²) in [7, 11) is 0. The summed E-state index contributed by atoms with van der Waals surface area (Å²) in [6, 6.07) is 13.0. The Bertz CT molecular complexity index is 707. The second-order valence-corrected chi connectivity index (χ2v) is 5.43. The molecule has 0 unspecified atom stereocenters. The lowest BCUT2D eigenvalue weighted by molar-refractivity contribution is 0.104. The van der Waals surface area contributed by atoms with E-state index in [1.54, 1.807) is 30.4 Å². The van der Waals surface area contributed by atoms with Gasteiger partial charge in [-0.15, -0.1) is 0 Å². The second kappa shape index (κ2) is 6.14. The lowest BCUT2D eigenvalue weighted by Gasteiger charge is -2.18. The van der Waals surface area contributed by atoms with E-state index >= 15 is 0 Å². The summed E-state index contributed by atoms with van der Waals surface area (Å²) in [6.07, 6.45) is 3.36. The largest absolute Gasteiger partial charge is 0.486 e. The maximum Gasteiger partial charge on any atom is 0.185 e. The molecule has 0 aromatic heterocycles. The minimum Gasteiger partial charge on any atom is -0.486 e. The van der Waals surface area contributed by atoms with E-state index in [-0.39, 0.29) is 5.78 Å². The molecule has 3 nitrogen and oxygen atoms in total. The van der Waals surface area contributed by atoms with E-state index in [1.165, 1.54) is 0 Å². The molecule has 0 aliphatic carbocycles. The molecule has 0 radical (unpaired) electrons. The van der Waals surface area contributed by atoms with Gasteiger partial charge in [0, 0.05) is 10.0 Å². The molecule has 1 aliphatic heterocycles. The van der Waals surface area contributed by atoms with Gasteiger partial charge in [0.05, 0.1) is 0 Å². The van der Waals surface area contributed by atoms with Crippen molar-refractivity contribution in [1.29, 1.82) is 0 Å². The molecule has 0 spiro atoms. The molecule has 1 heterocycles. The zero-order valence-corrected chi connectivity index (χ0v) is 12.8. The van der Waals surface area contributed by atoms with Crippen molar-refractivity contribution in [3.05, 3.63) is 64.1 Å². The Balaban J connectivity index is 1.81. The molecule has 2 aromatic rings. The SMILES string of the molecule is O=C(/C=C/c1ccccc1Br)c1ccc2c(c1)OCCO2. The van der Waals surface area contributed by atoms with Crippen molar-refractivity contribution in [3.63, 3.8) is 0 Å². The van der Waals surface area contributed by atoms with Crippen LogP contribution < -0.4 is 9.47 Å². The average Bonchev–Trinajstić information content (AvgIpc) is 2.53. The minimum atomic E-state index is -0.0669. The number of ether oxygens (including phenoxy) is 2. The molecule has 0 saturated heterocycles. The number of rotatable bonds is 3. The number of ketones is 1. The predicted octanol–water partition coefficient (Wildman–Crippen LogP) is 4.12. The molecule has 3 rings (SSSR count). The third-order valence-corrected chi connectivity index (χ3v) is 3.87. The van der Waals surface area contributed by atoms with Gasteiger partial charge in [-0.25, -0.2) is 0 Å². The fourth-order valence-corrected chi connectivity index (χ4v) is 2.49. The van der Waals surface area contributed by atoms with Crippen LogP contribution in [0, 0.1) is 0 Å².